The fraction of sp³-hybridized carbons (Fsp3) is 1.00. The van der Waals surface area contributed by atoms with Crippen molar-refractivity contribution in [1.29, 1.82) is 0 Å². The highest BCUT2D eigenvalue weighted by atomic mass is 32.2. The van der Waals surface area contributed by atoms with Crippen molar-refractivity contribution in [1.82, 2.24) is 0 Å². The van der Waals surface area contributed by atoms with Gasteiger partial charge in [-0.3, -0.25) is 4.55 Å². The minimum atomic E-state index is -4.27. The molecule has 0 saturated carbocycles. The molecule has 6 nitrogen and oxygen atoms in total. The predicted octanol–water partition coefficient (Wildman–Crippen LogP) is 4.78. The van der Waals surface area contributed by atoms with E-state index in [2.05, 4.69) is 6.92 Å². The summed E-state index contributed by atoms with van der Waals surface area (Å²) >= 11 is 0. The highest BCUT2D eigenvalue weighted by Gasteiger charge is 2.44. The van der Waals surface area contributed by atoms with Gasteiger partial charge in [0.05, 0.1) is 0 Å². The summed E-state index contributed by atoms with van der Waals surface area (Å²) in [6.45, 7) is 7.98. The third kappa shape index (κ3) is 12.1. The maximum atomic E-state index is 11.3. The zero-order valence-corrected chi connectivity index (χ0v) is 18.3. The van der Waals surface area contributed by atoms with Crippen LogP contribution in [0.25, 0.3) is 0 Å². The molecule has 0 fully saturated rings. The Bertz CT molecular complexity index is 409. The van der Waals surface area contributed by atoms with Gasteiger partial charge in [-0.05, 0) is 27.2 Å². The smallest absolute Gasteiger partial charge is 0.374 e. The van der Waals surface area contributed by atoms with Crippen molar-refractivity contribution in [3.05, 3.63) is 0 Å². The topological polar surface area (TPSA) is 82.1 Å². The second-order valence-electron chi connectivity index (χ2n) is 6.33. The first-order valence-corrected chi connectivity index (χ1v) is 13.2. The second kappa shape index (κ2) is 14.1. The van der Waals surface area contributed by atoms with Crippen LogP contribution in [0.1, 0.15) is 85.5 Å². The molecule has 1 N–H and O–H groups in total. The van der Waals surface area contributed by atoms with Crippen LogP contribution in [0, 0.1) is 0 Å². The molecule has 1 unspecified atom stereocenters. The van der Waals surface area contributed by atoms with Gasteiger partial charge in [0.25, 0.3) is 10.1 Å². The lowest BCUT2D eigenvalue weighted by molar-refractivity contribution is 0.0573. The molecule has 152 valence electrons. The van der Waals surface area contributed by atoms with E-state index in [1.165, 1.54) is 45.4 Å². The SMILES string of the molecule is CCCCCCCCCCC[Si](OCC)(OCC)OC(C)S(=O)(=O)O. The average Bonchev–Trinajstić information content (AvgIpc) is 2.53. The lowest BCUT2D eigenvalue weighted by Crippen LogP contribution is -2.49. The minimum Gasteiger partial charge on any atom is -0.374 e. The summed E-state index contributed by atoms with van der Waals surface area (Å²) in [5, 5.41) is 0. The van der Waals surface area contributed by atoms with Crippen molar-refractivity contribution < 1.29 is 26.2 Å². The highest BCUT2D eigenvalue weighted by molar-refractivity contribution is 7.86. The van der Waals surface area contributed by atoms with E-state index in [1.807, 2.05) is 13.8 Å². The van der Waals surface area contributed by atoms with Crippen LogP contribution in [0.15, 0.2) is 0 Å². The Labute approximate surface area is 155 Å². The van der Waals surface area contributed by atoms with Crippen molar-refractivity contribution in [3.8, 4) is 0 Å². The van der Waals surface area contributed by atoms with Crippen molar-refractivity contribution in [2.24, 2.45) is 0 Å². The number of unbranched alkanes of at least 4 members (excludes halogenated alkanes) is 8. The Kier molecular flexibility index (Phi) is 14.1. The van der Waals surface area contributed by atoms with Gasteiger partial charge < -0.3 is 13.3 Å². The van der Waals surface area contributed by atoms with Crippen LogP contribution in [0.5, 0.6) is 0 Å². The van der Waals surface area contributed by atoms with E-state index >= 15 is 0 Å². The van der Waals surface area contributed by atoms with Gasteiger partial charge in [-0.15, -0.1) is 0 Å². The minimum absolute atomic E-state index is 0.391. The predicted molar refractivity (Wildman–Crippen MR) is 103 cm³/mol. The first-order valence-electron chi connectivity index (χ1n) is 9.73. The van der Waals surface area contributed by atoms with Crippen LogP contribution in [0.4, 0.5) is 0 Å². The van der Waals surface area contributed by atoms with Gasteiger partial charge in [0, 0.05) is 19.3 Å². The molecule has 25 heavy (non-hydrogen) atoms. The van der Waals surface area contributed by atoms with Gasteiger partial charge in [0.2, 0.25) is 0 Å². The van der Waals surface area contributed by atoms with E-state index in [0.29, 0.717) is 19.3 Å². The standard InChI is InChI=1S/C17H38O6SSi/c1-5-8-9-10-11-12-13-14-15-16-25(21-6-2,22-7-3)23-17(4)24(18,19)20/h17H,5-16H2,1-4H3,(H,18,19,20). The van der Waals surface area contributed by atoms with E-state index in [4.69, 9.17) is 13.3 Å². The molecule has 0 rings (SSSR count). The van der Waals surface area contributed by atoms with Crippen molar-refractivity contribution in [2.75, 3.05) is 13.2 Å². The Morgan fingerprint density at radius 1 is 0.840 bits per heavy atom. The molecule has 0 aliphatic heterocycles. The molecule has 0 aliphatic rings. The van der Waals surface area contributed by atoms with Gasteiger partial charge in [0.1, 0.15) is 0 Å². The molecule has 0 aromatic heterocycles. The van der Waals surface area contributed by atoms with E-state index in [-0.39, 0.29) is 0 Å². The molecule has 0 amide bonds. The second-order valence-corrected chi connectivity index (χ2v) is 10.7. The maximum Gasteiger partial charge on any atom is 0.502 e. The highest BCUT2D eigenvalue weighted by Crippen LogP contribution is 2.23. The molecule has 0 aromatic rings. The Balaban J connectivity index is 4.35. The first-order chi connectivity index (χ1) is 11.8. The third-order valence-electron chi connectivity index (χ3n) is 4.08. The van der Waals surface area contributed by atoms with Crippen molar-refractivity contribution >= 4 is 18.9 Å². The lowest BCUT2D eigenvalue weighted by atomic mass is 10.1. The van der Waals surface area contributed by atoms with Crippen molar-refractivity contribution in [2.45, 2.75) is 97.0 Å². The molecule has 0 aromatic carbocycles. The third-order valence-corrected chi connectivity index (χ3v) is 8.32. The summed E-state index contributed by atoms with van der Waals surface area (Å²) in [6, 6.07) is 0.574. The van der Waals surface area contributed by atoms with Crippen LogP contribution in [-0.2, 0) is 23.4 Å². The van der Waals surface area contributed by atoms with E-state index in [9.17, 15) is 13.0 Å². The molecular weight excluding hydrogens is 360 g/mol. The van der Waals surface area contributed by atoms with Crippen LogP contribution < -0.4 is 0 Å². The largest absolute Gasteiger partial charge is 0.502 e. The van der Waals surface area contributed by atoms with Gasteiger partial charge in [-0.2, -0.15) is 8.42 Å². The Morgan fingerprint density at radius 3 is 1.68 bits per heavy atom. The van der Waals surface area contributed by atoms with Crippen LogP contribution in [0.3, 0.4) is 0 Å². The molecule has 0 aliphatic carbocycles. The molecule has 0 saturated heterocycles. The first kappa shape index (κ1) is 25.0. The fourth-order valence-electron chi connectivity index (χ4n) is 2.72. The summed E-state index contributed by atoms with van der Waals surface area (Å²) in [5.74, 6) is 0. The summed E-state index contributed by atoms with van der Waals surface area (Å²) < 4.78 is 48.8. The van der Waals surface area contributed by atoms with Crippen LogP contribution in [-0.4, -0.2) is 40.4 Å². The molecule has 0 heterocycles. The average molecular weight is 399 g/mol. The normalized spacial score (nSPS) is 14.0. The van der Waals surface area contributed by atoms with Crippen molar-refractivity contribution in [3.63, 3.8) is 0 Å². The zero-order chi connectivity index (χ0) is 19.2. The van der Waals surface area contributed by atoms with Crippen LogP contribution in [0.2, 0.25) is 6.04 Å². The van der Waals surface area contributed by atoms with Gasteiger partial charge in [0.15, 0.2) is 5.44 Å². The summed E-state index contributed by atoms with van der Waals surface area (Å²) in [6.07, 6.45) is 10.8. The van der Waals surface area contributed by atoms with E-state index in [0.717, 1.165) is 19.3 Å². The van der Waals surface area contributed by atoms with Gasteiger partial charge >= 0.3 is 8.80 Å². The zero-order valence-electron chi connectivity index (χ0n) is 16.5. The van der Waals surface area contributed by atoms with E-state index in [1.54, 1.807) is 0 Å². The quantitative estimate of drug-likeness (QED) is 0.216. The lowest BCUT2D eigenvalue weighted by Gasteiger charge is -2.30. The number of rotatable bonds is 17. The summed E-state index contributed by atoms with van der Waals surface area (Å²) in [4.78, 5) is 0. The molecular formula is C17H38O6SSi. The molecule has 1 atom stereocenters. The number of hydrogen-bond donors (Lipinski definition) is 1. The molecule has 8 heteroatoms. The monoisotopic (exact) mass is 398 g/mol. The maximum absolute atomic E-state index is 11.3. The Morgan fingerprint density at radius 2 is 1.28 bits per heavy atom. The fourth-order valence-corrected chi connectivity index (χ4v) is 6.34. The molecule has 0 bridgehead atoms. The summed E-state index contributed by atoms with van der Waals surface area (Å²) in [7, 11) is -7.36. The number of hydrogen-bond acceptors (Lipinski definition) is 5. The summed E-state index contributed by atoms with van der Waals surface area (Å²) in [5.41, 5.74) is -1.34. The van der Waals surface area contributed by atoms with Gasteiger partial charge in [-0.25, -0.2) is 0 Å². The molecule has 0 spiro atoms. The van der Waals surface area contributed by atoms with Crippen LogP contribution >= 0.6 is 0 Å². The van der Waals surface area contributed by atoms with Gasteiger partial charge in [-0.1, -0.05) is 58.3 Å². The Hall–Kier alpha value is 0.00688. The molecule has 0 radical (unpaired) electrons. The van der Waals surface area contributed by atoms with E-state index < -0.39 is 24.4 Å².